The lowest BCUT2D eigenvalue weighted by molar-refractivity contribution is 0.337. The average Bonchev–Trinajstić information content (AvgIpc) is 2.92. The zero-order valence-electron chi connectivity index (χ0n) is 11.5. The van der Waals surface area contributed by atoms with Gasteiger partial charge in [0.2, 0.25) is 0 Å². The third kappa shape index (κ3) is 2.96. The summed E-state index contributed by atoms with van der Waals surface area (Å²) in [4.78, 5) is 0. The van der Waals surface area contributed by atoms with Gasteiger partial charge in [0.1, 0.15) is 5.75 Å². The van der Waals surface area contributed by atoms with Crippen LogP contribution < -0.4 is 4.74 Å². The molecule has 3 aromatic rings. The highest BCUT2D eigenvalue weighted by Gasteiger charge is 2.19. The van der Waals surface area contributed by atoms with E-state index in [1.807, 2.05) is 31.2 Å². The summed E-state index contributed by atoms with van der Waals surface area (Å²) < 4.78 is 7.98. The van der Waals surface area contributed by atoms with Crippen molar-refractivity contribution in [1.82, 2.24) is 0 Å². The molecule has 0 saturated heterocycles. The normalized spacial score (nSPS) is 12.5. The standard InChI is InChI=1S/C17H14BrClOS/c1-2-20-15-8-7-11(18)9-13(15)17(19)14-10-21-16-6-4-3-5-12(14)16/h3-10,17H,2H2,1H3. The van der Waals surface area contributed by atoms with Gasteiger partial charge in [-0.2, -0.15) is 0 Å². The van der Waals surface area contributed by atoms with Crippen molar-refractivity contribution in [3.8, 4) is 5.75 Å². The molecular weight excluding hydrogens is 368 g/mol. The quantitative estimate of drug-likeness (QED) is 0.476. The average molecular weight is 382 g/mol. The smallest absolute Gasteiger partial charge is 0.124 e. The Morgan fingerprint density at radius 3 is 2.81 bits per heavy atom. The maximum Gasteiger partial charge on any atom is 0.124 e. The van der Waals surface area contributed by atoms with E-state index in [-0.39, 0.29) is 5.38 Å². The van der Waals surface area contributed by atoms with Crippen molar-refractivity contribution in [2.24, 2.45) is 0 Å². The molecule has 0 spiro atoms. The van der Waals surface area contributed by atoms with Gasteiger partial charge in [0, 0.05) is 14.7 Å². The largest absolute Gasteiger partial charge is 0.494 e. The highest BCUT2D eigenvalue weighted by Crippen LogP contribution is 2.41. The number of hydrogen-bond acceptors (Lipinski definition) is 2. The van der Waals surface area contributed by atoms with Gasteiger partial charge in [-0.15, -0.1) is 22.9 Å². The van der Waals surface area contributed by atoms with Crippen molar-refractivity contribution in [2.75, 3.05) is 6.61 Å². The molecule has 2 aromatic carbocycles. The van der Waals surface area contributed by atoms with Crippen LogP contribution in [0.1, 0.15) is 23.4 Å². The summed E-state index contributed by atoms with van der Waals surface area (Å²) >= 11 is 12.0. The number of fused-ring (bicyclic) bond motifs is 1. The number of rotatable bonds is 4. The van der Waals surface area contributed by atoms with Crippen molar-refractivity contribution in [1.29, 1.82) is 0 Å². The lowest BCUT2D eigenvalue weighted by atomic mass is 10.0. The molecular formula is C17H14BrClOS. The highest BCUT2D eigenvalue weighted by molar-refractivity contribution is 9.10. The topological polar surface area (TPSA) is 9.23 Å². The van der Waals surface area contributed by atoms with E-state index in [0.29, 0.717) is 6.61 Å². The van der Waals surface area contributed by atoms with Crippen LogP contribution in [-0.2, 0) is 0 Å². The summed E-state index contributed by atoms with van der Waals surface area (Å²) in [5.74, 6) is 0.844. The van der Waals surface area contributed by atoms with Crippen LogP contribution in [0.2, 0.25) is 0 Å². The molecule has 0 radical (unpaired) electrons. The number of alkyl halides is 1. The predicted molar refractivity (Wildman–Crippen MR) is 94.8 cm³/mol. The Labute approximate surface area is 141 Å². The van der Waals surface area contributed by atoms with Gasteiger partial charge in [-0.3, -0.25) is 0 Å². The second-order valence-electron chi connectivity index (χ2n) is 4.66. The molecule has 3 rings (SSSR count). The summed E-state index contributed by atoms with van der Waals surface area (Å²) in [6.45, 7) is 2.61. The zero-order valence-corrected chi connectivity index (χ0v) is 14.6. The van der Waals surface area contributed by atoms with Crippen molar-refractivity contribution in [3.05, 3.63) is 63.4 Å². The molecule has 0 bridgehead atoms. The molecule has 0 amide bonds. The first-order valence-electron chi connectivity index (χ1n) is 6.73. The van der Waals surface area contributed by atoms with Crippen LogP contribution in [0.25, 0.3) is 10.1 Å². The maximum absolute atomic E-state index is 6.77. The Hall–Kier alpha value is -1.03. The van der Waals surface area contributed by atoms with Crippen LogP contribution in [0.15, 0.2) is 52.3 Å². The molecule has 0 N–H and O–H groups in total. The molecule has 0 saturated carbocycles. The minimum Gasteiger partial charge on any atom is -0.494 e. The summed E-state index contributed by atoms with van der Waals surface area (Å²) in [6, 6.07) is 14.3. The van der Waals surface area contributed by atoms with Crippen molar-refractivity contribution < 1.29 is 4.74 Å². The van der Waals surface area contributed by atoms with Gasteiger partial charge >= 0.3 is 0 Å². The van der Waals surface area contributed by atoms with E-state index in [9.17, 15) is 0 Å². The van der Waals surface area contributed by atoms with Gasteiger partial charge in [-0.1, -0.05) is 34.1 Å². The predicted octanol–water partition coefficient (Wildman–Crippen LogP) is 6.39. The molecule has 1 aromatic heterocycles. The molecule has 1 atom stereocenters. The minimum absolute atomic E-state index is 0.222. The molecule has 0 aliphatic heterocycles. The first-order chi connectivity index (χ1) is 10.2. The van der Waals surface area contributed by atoms with Crippen molar-refractivity contribution >= 4 is 49.0 Å². The van der Waals surface area contributed by atoms with E-state index in [1.54, 1.807) is 11.3 Å². The number of halogens is 2. The fourth-order valence-electron chi connectivity index (χ4n) is 2.37. The molecule has 0 fully saturated rings. The number of hydrogen-bond donors (Lipinski definition) is 0. The van der Waals surface area contributed by atoms with Gasteiger partial charge in [-0.25, -0.2) is 0 Å². The summed E-state index contributed by atoms with van der Waals surface area (Å²) in [5.41, 5.74) is 2.13. The van der Waals surface area contributed by atoms with Crippen LogP contribution in [0.3, 0.4) is 0 Å². The first-order valence-corrected chi connectivity index (χ1v) is 8.84. The fourth-order valence-corrected chi connectivity index (χ4v) is 4.16. The number of ether oxygens (including phenoxy) is 1. The van der Waals surface area contributed by atoms with Gasteiger partial charge in [0.05, 0.1) is 12.0 Å². The number of benzene rings is 2. The Morgan fingerprint density at radius 1 is 1.19 bits per heavy atom. The van der Waals surface area contributed by atoms with E-state index >= 15 is 0 Å². The van der Waals surface area contributed by atoms with Crippen LogP contribution in [-0.4, -0.2) is 6.61 Å². The van der Waals surface area contributed by atoms with Crippen LogP contribution >= 0.6 is 38.9 Å². The molecule has 108 valence electrons. The van der Waals surface area contributed by atoms with Crippen LogP contribution in [0, 0.1) is 0 Å². The van der Waals surface area contributed by atoms with E-state index in [1.165, 1.54) is 10.1 Å². The second-order valence-corrected chi connectivity index (χ2v) is 6.93. The SMILES string of the molecule is CCOc1ccc(Br)cc1C(Cl)c1csc2ccccc12. The Bertz CT molecular complexity index is 768. The lowest BCUT2D eigenvalue weighted by Crippen LogP contribution is -2.00. The maximum atomic E-state index is 6.77. The van der Waals surface area contributed by atoms with E-state index < -0.39 is 0 Å². The molecule has 0 aliphatic rings. The Balaban J connectivity index is 2.09. The van der Waals surface area contributed by atoms with E-state index in [2.05, 4.69) is 39.5 Å². The van der Waals surface area contributed by atoms with Crippen LogP contribution in [0.5, 0.6) is 5.75 Å². The monoisotopic (exact) mass is 380 g/mol. The van der Waals surface area contributed by atoms with Gasteiger partial charge in [-0.05, 0) is 47.5 Å². The Morgan fingerprint density at radius 2 is 2.00 bits per heavy atom. The highest BCUT2D eigenvalue weighted by atomic mass is 79.9. The van der Waals surface area contributed by atoms with Gasteiger partial charge < -0.3 is 4.74 Å². The summed E-state index contributed by atoms with van der Waals surface area (Å²) in [6.07, 6.45) is 0. The number of thiophene rings is 1. The third-order valence-electron chi connectivity index (χ3n) is 3.33. The van der Waals surface area contributed by atoms with E-state index in [0.717, 1.165) is 21.3 Å². The molecule has 4 heteroatoms. The fraction of sp³-hybridized carbons (Fsp3) is 0.176. The zero-order chi connectivity index (χ0) is 14.8. The molecule has 1 heterocycles. The lowest BCUT2D eigenvalue weighted by Gasteiger charge is -2.15. The molecule has 1 nitrogen and oxygen atoms in total. The Kier molecular flexibility index (Phi) is 4.53. The van der Waals surface area contributed by atoms with E-state index in [4.69, 9.17) is 16.3 Å². The van der Waals surface area contributed by atoms with Crippen molar-refractivity contribution in [3.63, 3.8) is 0 Å². The van der Waals surface area contributed by atoms with Crippen LogP contribution in [0.4, 0.5) is 0 Å². The van der Waals surface area contributed by atoms with Gasteiger partial charge in [0.25, 0.3) is 0 Å². The van der Waals surface area contributed by atoms with Gasteiger partial charge in [0.15, 0.2) is 0 Å². The minimum atomic E-state index is -0.222. The molecule has 1 unspecified atom stereocenters. The first kappa shape index (κ1) is 14.9. The summed E-state index contributed by atoms with van der Waals surface area (Å²) in [7, 11) is 0. The molecule has 21 heavy (non-hydrogen) atoms. The molecule has 0 aliphatic carbocycles. The summed E-state index contributed by atoms with van der Waals surface area (Å²) in [5, 5.41) is 3.13. The van der Waals surface area contributed by atoms with Crippen molar-refractivity contribution in [2.45, 2.75) is 12.3 Å². The second kappa shape index (κ2) is 6.39. The third-order valence-corrected chi connectivity index (χ3v) is 5.27.